The minimum atomic E-state index is 0.131. The van der Waals surface area contributed by atoms with Gasteiger partial charge in [-0.15, -0.1) is 11.6 Å². The molecule has 0 aliphatic rings. The number of amidine groups is 1. The van der Waals surface area contributed by atoms with E-state index in [0.717, 1.165) is 5.69 Å². The normalized spacial score (nSPS) is 12.4. The zero-order chi connectivity index (χ0) is 16.8. The number of anilines is 1. The lowest BCUT2D eigenvalue weighted by molar-refractivity contribution is 1.28. The van der Waals surface area contributed by atoms with Crippen LogP contribution in [0.15, 0.2) is 64.2 Å². The lowest BCUT2D eigenvalue weighted by atomic mass is 10.3. The van der Waals surface area contributed by atoms with Gasteiger partial charge in [0.25, 0.3) is 0 Å². The van der Waals surface area contributed by atoms with Crippen molar-refractivity contribution in [1.82, 2.24) is 0 Å². The van der Waals surface area contributed by atoms with Gasteiger partial charge in [0.2, 0.25) is 0 Å². The second kappa shape index (κ2) is 8.81. The van der Waals surface area contributed by atoms with Gasteiger partial charge in [-0.05, 0) is 48.5 Å². The first-order valence-electron chi connectivity index (χ1n) is 6.46. The number of aliphatic imine (C=N–C) groups is 1. The highest BCUT2D eigenvalue weighted by Crippen LogP contribution is 2.27. The molecule has 23 heavy (non-hydrogen) atoms. The molecular weight excluding hydrogens is 397 g/mol. The highest BCUT2D eigenvalue weighted by molar-refractivity contribution is 6.41. The van der Waals surface area contributed by atoms with Crippen molar-refractivity contribution >= 4 is 75.2 Å². The number of hydrogen-bond acceptors (Lipinski definition) is 1. The highest BCUT2D eigenvalue weighted by Gasteiger charge is 2.17. The maximum Gasteiger partial charge on any atom is 0.129 e. The molecule has 0 bridgehead atoms. The first-order valence-corrected chi connectivity index (χ1v) is 8.56. The Balaban J connectivity index is 2.47. The Hall–Kier alpha value is -0.900. The van der Waals surface area contributed by atoms with Crippen molar-refractivity contribution in [2.45, 2.75) is 0 Å². The summed E-state index contributed by atoms with van der Waals surface area (Å²) in [5.41, 5.74) is 2.69. The van der Waals surface area contributed by atoms with E-state index in [1.54, 1.807) is 53.4 Å². The molecule has 0 atom stereocenters. The summed E-state index contributed by atoms with van der Waals surface area (Å²) in [6.45, 7) is 0. The van der Waals surface area contributed by atoms with Gasteiger partial charge >= 0.3 is 0 Å². The topological polar surface area (TPSA) is 15.6 Å². The van der Waals surface area contributed by atoms with Crippen molar-refractivity contribution in [2.24, 2.45) is 4.99 Å². The van der Waals surface area contributed by atoms with E-state index in [1.807, 2.05) is 0 Å². The molecule has 2 rings (SSSR count). The van der Waals surface area contributed by atoms with Crippen LogP contribution in [0.4, 0.5) is 11.4 Å². The van der Waals surface area contributed by atoms with Gasteiger partial charge in [-0.2, -0.15) is 0 Å². The smallest absolute Gasteiger partial charge is 0.129 e. The van der Waals surface area contributed by atoms with Crippen molar-refractivity contribution in [2.75, 3.05) is 10.8 Å². The van der Waals surface area contributed by atoms with Crippen molar-refractivity contribution < 1.29 is 0 Å². The van der Waals surface area contributed by atoms with Crippen LogP contribution in [0.3, 0.4) is 0 Å². The lowest BCUT2D eigenvalue weighted by Crippen LogP contribution is -2.29. The maximum atomic E-state index is 6.23. The van der Waals surface area contributed by atoms with Crippen molar-refractivity contribution in [3.63, 3.8) is 0 Å². The van der Waals surface area contributed by atoms with Gasteiger partial charge in [-0.3, -0.25) is 4.90 Å². The van der Waals surface area contributed by atoms with E-state index in [4.69, 9.17) is 58.0 Å². The van der Waals surface area contributed by atoms with Crippen LogP contribution in [-0.4, -0.2) is 11.7 Å². The first kappa shape index (κ1) is 18.4. The van der Waals surface area contributed by atoms with Gasteiger partial charge in [-0.25, -0.2) is 4.99 Å². The van der Waals surface area contributed by atoms with Gasteiger partial charge in [0, 0.05) is 21.3 Å². The largest absolute Gasteiger partial charge is 0.287 e. The molecule has 0 heterocycles. The zero-order valence-electron chi connectivity index (χ0n) is 11.7. The highest BCUT2D eigenvalue weighted by atomic mass is 35.5. The minimum absolute atomic E-state index is 0.131. The van der Waals surface area contributed by atoms with Crippen LogP contribution in [0.5, 0.6) is 0 Å². The summed E-state index contributed by atoms with van der Waals surface area (Å²) >= 11 is 29.9. The van der Waals surface area contributed by atoms with E-state index >= 15 is 0 Å². The van der Waals surface area contributed by atoms with Gasteiger partial charge in [0.05, 0.1) is 11.6 Å². The second-order valence-corrected chi connectivity index (χ2v) is 6.13. The van der Waals surface area contributed by atoms with E-state index in [2.05, 4.69) is 4.99 Å². The van der Waals surface area contributed by atoms with Crippen LogP contribution in [0, 0.1) is 0 Å². The van der Waals surface area contributed by atoms with Gasteiger partial charge < -0.3 is 0 Å². The quantitative estimate of drug-likeness (QED) is 0.229. The second-order valence-electron chi connectivity index (χ2n) is 4.38. The molecule has 2 aromatic rings. The average molecular weight is 409 g/mol. The Morgan fingerprint density at radius 1 is 0.957 bits per heavy atom. The molecule has 2 nitrogen and oxygen atoms in total. The fourth-order valence-electron chi connectivity index (χ4n) is 1.84. The fourth-order valence-corrected chi connectivity index (χ4v) is 2.56. The molecule has 0 unspecified atom stereocenters. The summed E-state index contributed by atoms with van der Waals surface area (Å²) in [5, 5.41) is 1.51. The van der Waals surface area contributed by atoms with Crippen molar-refractivity contribution in [3.05, 3.63) is 69.3 Å². The Kier molecular flexibility index (Phi) is 7.07. The Morgan fingerprint density at radius 3 is 1.96 bits per heavy atom. The van der Waals surface area contributed by atoms with Crippen molar-refractivity contribution in [3.8, 4) is 0 Å². The molecule has 120 valence electrons. The predicted octanol–water partition coefficient (Wildman–Crippen LogP) is 7.05. The van der Waals surface area contributed by atoms with Crippen LogP contribution in [-0.2, 0) is 0 Å². The molecule has 0 saturated carbocycles. The molecule has 0 spiro atoms. The minimum Gasteiger partial charge on any atom is -0.287 e. The monoisotopic (exact) mass is 406 g/mol. The van der Waals surface area contributed by atoms with E-state index in [9.17, 15) is 0 Å². The standard InChI is InChI=1S/C16H11Cl5N2/c17-9-15(21)23(14-7-3-12(20)4-8-14)16(10-18)22-13-5-1-11(19)2-6-13/h1-9H,10H2/b15-9-,22-16?. The molecule has 0 N–H and O–H groups in total. The predicted molar refractivity (Wildman–Crippen MR) is 103 cm³/mol. The number of hydrogen-bond donors (Lipinski definition) is 0. The fraction of sp³-hybridized carbons (Fsp3) is 0.0625. The Labute approximate surface area is 159 Å². The third-order valence-corrected chi connectivity index (χ3v) is 4.19. The Morgan fingerprint density at radius 2 is 1.48 bits per heavy atom. The molecular formula is C16H11Cl5N2. The van der Waals surface area contributed by atoms with Gasteiger partial charge in [0.15, 0.2) is 0 Å². The van der Waals surface area contributed by atoms with Crippen LogP contribution < -0.4 is 4.90 Å². The molecule has 0 aromatic heterocycles. The third kappa shape index (κ3) is 5.03. The van der Waals surface area contributed by atoms with E-state index in [1.165, 1.54) is 5.54 Å². The number of halogens is 5. The Bertz CT molecular complexity index is 708. The number of rotatable bonds is 4. The van der Waals surface area contributed by atoms with Crippen LogP contribution in [0.25, 0.3) is 0 Å². The maximum absolute atomic E-state index is 6.23. The zero-order valence-corrected chi connectivity index (χ0v) is 15.5. The van der Waals surface area contributed by atoms with Crippen molar-refractivity contribution in [1.29, 1.82) is 0 Å². The summed E-state index contributed by atoms with van der Waals surface area (Å²) in [6.07, 6.45) is 0. The number of alkyl halides is 1. The molecule has 0 radical (unpaired) electrons. The number of nitrogens with zero attached hydrogens (tertiary/aromatic N) is 2. The van der Waals surface area contributed by atoms with E-state index < -0.39 is 0 Å². The van der Waals surface area contributed by atoms with E-state index in [0.29, 0.717) is 21.6 Å². The van der Waals surface area contributed by atoms with Crippen LogP contribution in [0.1, 0.15) is 0 Å². The third-order valence-electron chi connectivity index (χ3n) is 2.85. The summed E-state index contributed by atoms with van der Waals surface area (Å²) in [7, 11) is 0. The van der Waals surface area contributed by atoms with Gasteiger partial charge in [0.1, 0.15) is 11.0 Å². The molecule has 0 fully saturated rings. The SMILES string of the molecule is Cl/C=C(/Cl)N(C(CCl)=Nc1ccc(Cl)cc1)c1ccc(Cl)cc1. The molecule has 0 amide bonds. The van der Waals surface area contributed by atoms with Crippen LogP contribution in [0.2, 0.25) is 10.0 Å². The van der Waals surface area contributed by atoms with Gasteiger partial charge in [-0.1, -0.05) is 46.4 Å². The molecule has 0 aliphatic heterocycles. The summed E-state index contributed by atoms with van der Waals surface area (Å²) in [5.74, 6) is 0.643. The first-order chi connectivity index (χ1) is 11.0. The van der Waals surface area contributed by atoms with E-state index in [-0.39, 0.29) is 11.0 Å². The molecule has 0 saturated heterocycles. The average Bonchev–Trinajstić information content (AvgIpc) is 2.57. The summed E-state index contributed by atoms with van der Waals surface area (Å²) in [6, 6.07) is 14.2. The summed E-state index contributed by atoms with van der Waals surface area (Å²) < 4.78 is 0. The van der Waals surface area contributed by atoms with Crippen LogP contribution >= 0.6 is 58.0 Å². The molecule has 2 aromatic carbocycles. The number of benzene rings is 2. The molecule has 7 heteroatoms. The summed E-state index contributed by atoms with van der Waals surface area (Å²) in [4.78, 5) is 6.17. The molecule has 0 aliphatic carbocycles. The lowest BCUT2D eigenvalue weighted by Gasteiger charge is -2.24.